The number of rotatable bonds is 0. The van der Waals surface area contributed by atoms with Crippen LogP contribution in [0.15, 0.2) is 22.1 Å². The summed E-state index contributed by atoms with van der Waals surface area (Å²) in [5.41, 5.74) is 5.96. The number of benzene rings is 1. The van der Waals surface area contributed by atoms with E-state index < -0.39 is 6.03 Å². The molecule has 0 saturated heterocycles. The SMILES string of the molecule is Nc1cc(Cl)c2c(c1)=NC(=O)N=2. The number of urea groups is 1. The van der Waals surface area contributed by atoms with Crippen molar-refractivity contribution in [2.45, 2.75) is 0 Å². The van der Waals surface area contributed by atoms with Crippen molar-refractivity contribution in [1.82, 2.24) is 0 Å². The third-order valence-electron chi connectivity index (χ3n) is 1.49. The van der Waals surface area contributed by atoms with Crippen molar-refractivity contribution in [3.8, 4) is 0 Å². The summed E-state index contributed by atoms with van der Waals surface area (Å²) < 4.78 is 0. The minimum absolute atomic E-state index is 0.361. The highest BCUT2D eigenvalue weighted by atomic mass is 35.5. The van der Waals surface area contributed by atoms with Crippen LogP contribution in [0.5, 0.6) is 0 Å². The summed E-state index contributed by atoms with van der Waals surface area (Å²) >= 11 is 5.75. The molecule has 1 aromatic rings. The quantitative estimate of drug-likeness (QED) is 0.585. The summed E-state index contributed by atoms with van der Waals surface area (Å²) in [7, 11) is 0. The number of amides is 2. The van der Waals surface area contributed by atoms with Gasteiger partial charge < -0.3 is 5.73 Å². The number of hydrogen-bond acceptors (Lipinski definition) is 2. The average molecular weight is 182 g/mol. The van der Waals surface area contributed by atoms with E-state index in [0.29, 0.717) is 21.4 Å². The first-order valence-corrected chi connectivity index (χ1v) is 3.61. The lowest BCUT2D eigenvalue weighted by molar-refractivity contribution is 0.256. The molecule has 0 radical (unpaired) electrons. The van der Waals surface area contributed by atoms with E-state index in [9.17, 15) is 4.79 Å². The second-order valence-electron chi connectivity index (χ2n) is 2.38. The molecule has 5 heteroatoms. The molecule has 0 bridgehead atoms. The molecule has 1 aliphatic heterocycles. The van der Waals surface area contributed by atoms with E-state index >= 15 is 0 Å². The fourth-order valence-corrected chi connectivity index (χ4v) is 1.29. The molecule has 12 heavy (non-hydrogen) atoms. The molecule has 2 rings (SSSR count). The van der Waals surface area contributed by atoms with Gasteiger partial charge in [-0.05, 0) is 12.1 Å². The Hall–Kier alpha value is -1.42. The molecule has 60 valence electrons. The van der Waals surface area contributed by atoms with Gasteiger partial charge in [0.25, 0.3) is 0 Å². The number of hydrogen-bond donors (Lipinski definition) is 1. The largest absolute Gasteiger partial charge is 0.399 e. The van der Waals surface area contributed by atoms with Gasteiger partial charge in [-0.3, -0.25) is 0 Å². The third-order valence-corrected chi connectivity index (χ3v) is 1.78. The second kappa shape index (κ2) is 2.28. The minimum atomic E-state index is -0.530. The molecule has 2 N–H and O–H groups in total. The molecule has 0 saturated carbocycles. The van der Waals surface area contributed by atoms with Gasteiger partial charge in [-0.1, -0.05) is 11.6 Å². The van der Waals surface area contributed by atoms with Crippen molar-refractivity contribution in [3.63, 3.8) is 0 Å². The van der Waals surface area contributed by atoms with Crippen molar-refractivity contribution < 1.29 is 4.79 Å². The lowest BCUT2D eigenvalue weighted by atomic mass is 10.3. The topological polar surface area (TPSA) is 67.8 Å². The predicted molar refractivity (Wildman–Crippen MR) is 43.6 cm³/mol. The lowest BCUT2D eigenvalue weighted by Crippen LogP contribution is -2.23. The molecule has 1 heterocycles. The van der Waals surface area contributed by atoms with Crippen LogP contribution in [-0.4, -0.2) is 6.03 Å². The molecule has 0 aromatic heterocycles. The maximum absolute atomic E-state index is 10.7. The first kappa shape index (κ1) is 7.24. The molecule has 0 spiro atoms. The average Bonchev–Trinajstić information content (AvgIpc) is 2.29. The van der Waals surface area contributed by atoms with Crippen LogP contribution in [0.4, 0.5) is 10.5 Å². The fourth-order valence-electron chi connectivity index (χ4n) is 1.02. The van der Waals surface area contributed by atoms with Crippen molar-refractivity contribution in [2.75, 3.05) is 5.73 Å². The number of nitrogens with zero attached hydrogens (tertiary/aromatic N) is 2. The molecule has 0 aliphatic carbocycles. The maximum Gasteiger partial charge on any atom is 0.368 e. The highest BCUT2D eigenvalue weighted by Crippen LogP contribution is 2.05. The first-order valence-electron chi connectivity index (χ1n) is 3.23. The molecule has 0 atom stereocenters. The number of fused-ring (bicyclic) bond motifs is 1. The zero-order valence-corrected chi connectivity index (χ0v) is 6.67. The van der Waals surface area contributed by atoms with E-state index in [-0.39, 0.29) is 0 Å². The molecule has 1 aliphatic rings. The predicted octanol–water partition coefficient (Wildman–Crippen LogP) is 0.295. The van der Waals surface area contributed by atoms with Crippen molar-refractivity contribution in [2.24, 2.45) is 9.98 Å². The number of anilines is 1. The minimum Gasteiger partial charge on any atom is -0.399 e. The lowest BCUT2D eigenvalue weighted by Gasteiger charge is -1.91. The van der Waals surface area contributed by atoms with E-state index in [1.165, 1.54) is 6.07 Å². The van der Waals surface area contributed by atoms with Crippen molar-refractivity contribution in [3.05, 3.63) is 27.9 Å². The smallest absolute Gasteiger partial charge is 0.368 e. The van der Waals surface area contributed by atoms with Crippen LogP contribution >= 0.6 is 11.6 Å². The summed E-state index contributed by atoms with van der Waals surface area (Å²) in [5, 5.41) is 1.22. The second-order valence-corrected chi connectivity index (χ2v) is 2.78. The number of nitrogens with two attached hydrogens (primary N) is 1. The number of carbonyl (C=O) groups is 1. The van der Waals surface area contributed by atoms with Crippen LogP contribution in [0.25, 0.3) is 0 Å². The Bertz CT molecular complexity index is 480. The zero-order chi connectivity index (χ0) is 8.72. The highest BCUT2D eigenvalue weighted by Gasteiger charge is 2.08. The van der Waals surface area contributed by atoms with Crippen LogP contribution < -0.4 is 16.4 Å². The van der Waals surface area contributed by atoms with Gasteiger partial charge in [0, 0.05) is 5.69 Å². The van der Waals surface area contributed by atoms with Gasteiger partial charge >= 0.3 is 6.03 Å². The van der Waals surface area contributed by atoms with Crippen molar-refractivity contribution in [1.29, 1.82) is 0 Å². The first-order chi connectivity index (χ1) is 5.66. The summed E-state index contributed by atoms with van der Waals surface area (Å²) in [5.74, 6) is 0. The Morgan fingerprint density at radius 2 is 2.08 bits per heavy atom. The summed E-state index contributed by atoms with van der Waals surface area (Å²) in [6.07, 6.45) is 0. The summed E-state index contributed by atoms with van der Waals surface area (Å²) in [6.45, 7) is 0. The third kappa shape index (κ3) is 0.967. The Labute approximate surface area is 72.4 Å². The standard InChI is InChI=1S/C7H4ClN3O/c8-4-1-3(9)2-5-6(4)11-7(12)10-5/h1-2H,9H2. The molecule has 0 unspecified atom stereocenters. The van der Waals surface area contributed by atoms with Crippen LogP contribution in [0.2, 0.25) is 5.02 Å². The highest BCUT2D eigenvalue weighted by molar-refractivity contribution is 6.30. The Balaban J connectivity index is 2.95. The van der Waals surface area contributed by atoms with Gasteiger partial charge in [-0.25, -0.2) is 4.79 Å². The fraction of sp³-hybridized carbons (Fsp3) is 0. The van der Waals surface area contributed by atoms with Crippen LogP contribution in [0.1, 0.15) is 0 Å². The van der Waals surface area contributed by atoms with Gasteiger partial charge in [0.1, 0.15) is 5.36 Å². The van der Waals surface area contributed by atoms with Crippen LogP contribution in [0.3, 0.4) is 0 Å². The van der Waals surface area contributed by atoms with Crippen LogP contribution in [0, 0.1) is 0 Å². The molecular weight excluding hydrogens is 178 g/mol. The maximum atomic E-state index is 10.7. The van der Waals surface area contributed by atoms with Gasteiger partial charge in [0.15, 0.2) is 0 Å². The van der Waals surface area contributed by atoms with Gasteiger partial charge in [-0.2, -0.15) is 9.98 Å². The van der Waals surface area contributed by atoms with E-state index in [0.717, 1.165) is 0 Å². The van der Waals surface area contributed by atoms with Crippen LogP contribution in [-0.2, 0) is 0 Å². The Morgan fingerprint density at radius 1 is 1.33 bits per heavy atom. The Morgan fingerprint density at radius 3 is 2.83 bits per heavy atom. The summed E-state index contributed by atoms with van der Waals surface area (Å²) in [6, 6.07) is 2.57. The molecular formula is C7H4ClN3O. The molecule has 4 nitrogen and oxygen atoms in total. The van der Waals surface area contributed by atoms with E-state index in [4.69, 9.17) is 17.3 Å². The van der Waals surface area contributed by atoms with E-state index in [1.54, 1.807) is 6.07 Å². The molecule has 2 amide bonds. The molecule has 0 fully saturated rings. The molecule has 1 aromatic carbocycles. The van der Waals surface area contributed by atoms with Crippen molar-refractivity contribution >= 4 is 23.3 Å². The van der Waals surface area contributed by atoms with E-state index in [2.05, 4.69) is 9.98 Å². The Kier molecular flexibility index (Phi) is 1.38. The van der Waals surface area contributed by atoms with E-state index in [1.807, 2.05) is 0 Å². The van der Waals surface area contributed by atoms with Gasteiger partial charge in [0.2, 0.25) is 0 Å². The normalized spacial score (nSPS) is 13.6. The number of nitrogen functional groups attached to an aromatic ring is 1. The van der Waals surface area contributed by atoms with Gasteiger partial charge in [-0.15, -0.1) is 0 Å². The number of halogens is 1. The zero-order valence-electron chi connectivity index (χ0n) is 5.91. The monoisotopic (exact) mass is 181 g/mol. The summed E-state index contributed by atoms with van der Waals surface area (Å²) in [4.78, 5) is 17.9. The number of carbonyl (C=O) groups excluding carboxylic acids is 1. The van der Waals surface area contributed by atoms with Gasteiger partial charge in [0.05, 0.1) is 10.4 Å².